The zero-order valence-corrected chi connectivity index (χ0v) is 10.2. The lowest BCUT2D eigenvalue weighted by Gasteiger charge is -2.17. The Balaban J connectivity index is 0.000000921. The van der Waals surface area contributed by atoms with Gasteiger partial charge in [0.25, 0.3) is 0 Å². The van der Waals surface area contributed by atoms with E-state index in [9.17, 15) is 5.11 Å². The highest BCUT2D eigenvalue weighted by Crippen LogP contribution is 2.09. The Labute approximate surface area is 92.1 Å². The van der Waals surface area contributed by atoms with E-state index in [0.717, 1.165) is 5.69 Å². The van der Waals surface area contributed by atoms with Crippen molar-refractivity contribution in [3.63, 3.8) is 0 Å². The summed E-state index contributed by atoms with van der Waals surface area (Å²) in [6, 6.07) is 5.55. The molecule has 0 aromatic carbocycles. The first-order chi connectivity index (χ1) is 6.97. The minimum absolute atomic E-state index is 0.253. The van der Waals surface area contributed by atoms with Crippen molar-refractivity contribution in [2.24, 2.45) is 0 Å². The third kappa shape index (κ3) is 6.91. The van der Waals surface area contributed by atoms with Crippen molar-refractivity contribution < 1.29 is 9.84 Å². The van der Waals surface area contributed by atoms with E-state index in [2.05, 4.69) is 4.98 Å². The number of hydrogen-bond donors (Lipinski definition) is 1. The molecule has 3 nitrogen and oxygen atoms in total. The summed E-state index contributed by atoms with van der Waals surface area (Å²) in [7, 11) is 0. The van der Waals surface area contributed by atoms with E-state index in [1.165, 1.54) is 0 Å². The van der Waals surface area contributed by atoms with Gasteiger partial charge in [-0.15, -0.1) is 0 Å². The summed E-state index contributed by atoms with van der Waals surface area (Å²) in [5, 5.41) is 9.40. The van der Waals surface area contributed by atoms with Gasteiger partial charge in [0.2, 0.25) is 5.88 Å². The summed E-state index contributed by atoms with van der Waals surface area (Å²) in [6.45, 7) is 9.55. The first-order valence-corrected chi connectivity index (χ1v) is 5.26. The highest BCUT2D eigenvalue weighted by Gasteiger charge is 2.13. The van der Waals surface area contributed by atoms with Crippen molar-refractivity contribution in [3.8, 4) is 5.88 Å². The Morgan fingerprint density at radius 2 is 1.93 bits per heavy atom. The molecule has 0 aliphatic heterocycles. The van der Waals surface area contributed by atoms with Crippen molar-refractivity contribution in [1.29, 1.82) is 0 Å². The smallest absolute Gasteiger partial charge is 0.213 e. The molecule has 1 rings (SSSR count). The molecule has 0 bridgehead atoms. The summed E-state index contributed by atoms with van der Waals surface area (Å²) in [5.41, 5.74) is 0.0964. The number of ether oxygens (including phenoxy) is 1. The maximum absolute atomic E-state index is 9.40. The Morgan fingerprint density at radius 3 is 2.40 bits per heavy atom. The number of aryl methyl sites for hydroxylation is 1. The van der Waals surface area contributed by atoms with Crippen LogP contribution < -0.4 is 4.74 Å². The molecule has 1 N–H and O–H groups in total. The van der Waals surface area contributed by atoms with Crippen LogP contribution in [0.25, 0.3) is 0 Å². The molecule has 0 radical (unpaired) electrons. The number of pyridine rings is 1. The molecule has 0 fully saturated rings. The molecular weight excluding hydrogens is 190 g/mol. The van der Waals surface area contributed by atoms with Crippen LogP contribution in [0.5, 0.6) is 5.88 Å². The molecule has 3 heteroatoms. The fourth-order valence-electron chi connectivity index (χ4n) is 0.849. The first-order valence-electron chi connectivity index (χ1n) is 5.26. The molecule has 15 heavy (non-hydrogen) atoms. The SMILES string of the molecule is CC.Cc1cccc(OCC(C)(C)O)n1. The summed E-state index contributed by atoms with van der Waals surface area (Å²) in [4.78, 5) is 4.14. The van der Waals surface area contributed by atoms with Crippen LogP contribution in [0.2, 0.25) is 0 Å². The predicted octanol–water partition coefficient (Wildman–Crippen LogP) is 2.57. The van der Waals surface area contributed by atoms with E-state index in [4.69, 9.17) is 4.74 Å². The number of aromatic nitrogens is 1. The quantitative estimate of drug-likeness (QED) is 0.835. The normalized spacial score (nSPS) is 10.3. The molecule has 1 aromatic rings. The zero-order valence-electron chi connectivity index (χ0n) is 10.2. The third-order valence-electron chi connectivity index (χ3n) is 1.44. The molecule has 0 spiro atoms. The van der Waals surface area contributed by atoms with Gasteiger partial charge in [-0.1, -0.05) is 19.9 Å². The molecular formula is C12H21NO2. The molecule has 1 heterocycles. The molecule has 0 unspecified atom stereocenters. The molecule has 86 valence electrons. The van der Waals surface area contributed by atoms with Crippen LogP contribution in [0, 0.1) is 6.92 Å². The highest BCUT2D eigenvalue weighted by molar-refractivity contribution is 5.14. The second-order valence-electron chi connectivity index (χ2n) is 3.72. The van der Waals surface area contributed by atoms with Crippen LogP contribution >= 0.6 is 0 Å². The predicted molar refractivity (Wildman–Crippen MR) is 62.1 cm³/mol. The average Bonchev–Trinajstić information content (AvgIpc) is 2.17. The molecule has 0 amide bonds. The van der Waals surface area contributed by atoms with Crippen LogP contribution in [0.1, 0.15) is 33.4 Å². The monoisotopic (exact) mass is 211 g/mol. The lowest BCUT2D eigenvalue weighted by Crippen LogP contribution is -2.28. The Hall–Kier alpha value is -1.09. The van der Waals surface area contributed by atoms with Crippen LogP contribution in [0.3, 0.4) is 0 Å². The van der Waals surface area contributed by atoms with Gasteiger partial charge in [-0.2, -0.15) is 0 Å². The van der Waals surface area contributed by atoms with Gasteiger partial charge in [-0.3, -0.25) is 0 Å². The number of hydrogen-bond acceptors (Lipinski definition) is 3. The summed E-state index contributed by atoms with van der Waals surface area (Å²) < 4.78 is 5.29. The summed E-state index contributed by atoms with van der Waals surface area (Å²) in [6.07, 6.45) is 0. The number of nitrogens with zero attached hydrogens (tertiary/aromatic N) is 1. The zero-order chi connectivity index (χ0) is 11.9. The lowest BCUT2D eigenvalue weighted by molar-refractivity contribution is 0.0268. The summed E-state index contributed by atoms with van der Waals surface area (Å²) >= 11 is 0. The molecule has 0 saturated heterocycles. The van der Waals surface area contributed by atoms with E-state index in [1.807, 2.05) is 32.9 Å². The molecule has 0 saturated carbocycles. The van der Waals surface area contributed by atoms with Crippen molar-refractivity contribution in [3.05, 3.63) is 23.9 Å². The van der Waals surface area contributed by atoms with Gasteiger partial charge in [0.15, 0.2) is 0 Å². The van der Waals surface area contributed by atoms with E-state index in [0.29, 0.717) is 5.88 Å². The fraction of sp³-hybridized carbons (Fsp3) is 0.583. The van der Waals surface area contributed by atoms with Gasteiger partial charge in [-0.25, -0.2) is 4.98 Å². The second kappa shape index (κ2) is 6.40. The van der Waals surface area contributed by atoms with Gasteiger partial charge in [-0.05, 0) is 26.8 Å². The van der Waals surface area contributed by atoms with Crippen molar-refractivity contribution in [2.45, 2.75) is 40.2 Å². The summed E-state index contributed by atoms with van der Waals surface area (Å²) in [5.74, 6) is 0.558. The van der Waals surface area contributed by atoms with Crippen LogP contribution in [0.4, 0.5) is 0 Å². The van der Waals surface area contributed by atoms with Crippen molar-refractivity contribution in [1.82, 2.24) is 4.98 Å². The second-order valence-corrected chi connectivity index (χ2v) is 3.72. The number of rotatable bonds is 3. The Bertz CT molecular complexity index is 279. The Kier molecular flexibility index (Phi) is 5.94. The maximum Gasteiger partial charge on any atom is 0.213 e. The van der Waals surface area contributed by atoms with Crippen LogP contribution in [-0.2, 0) is 0 Å². The minimum Gasteiger partial charge on any atom is -0.475 e. The van der Waals surface area contributed by atoms with E-state index in [-0.39, 0.29) is 6.61 Å². The van der Waals surface area contributed by atoms with E-state index < -0.39 is 5.60 Å². The van der Waals surface area contributed by atoms with Crippen molar-refractivity contribution >= 4 is 0 Å². The standard InChI is InChI=1S/C10H15NO2.C2H6/c1-8-5-4-6-9(11-8)13-7-10(2,3)12;1-2/h4-6,12H,7H2,1-3H3;1-2H3. The lowest BCUT2D eigenvalue weighted by atomic mass is 10.2. The molecule has 0 aliphatic rings. The maximum atomic E-state index is 9.40. The minimum atomic E-state index is -0.814. The average molecular weight is 211 g/mol. The fourth-order valence-corrected chi connectivity index (χ4v) is 0.849. The highest BCUT2D eigenvalue weighted by atomic mass is 16.5. The topological polar surface area (TPSA) is 42.4 Å². The molecule has 0 aliphatic carbocycles. The third-order valence-corrected chi connectivity index (χ3v) is 1.44. The Morgan fingerprint density at radius 1 is 1.33 bits per heavy atom. The number of aliphatic hydroxyl groups is 1. The van der Waals surface area contributed by atoms with E-state index in [1.54, 1.807) is 19.9 Å². The van der Waals surface area contributed by atoms with Crippen LogP contribution in [0.15, 0.2) is 18.2 Å². The van der Waals surface area contributed by atoms with Gasteiger partial charge < -0.3 is 9.84 Å². The molecule has 1 aromatic heterocycles. The van der Waals surface area contributed by atoms with Crippen molar-refractivity contribution in [2.75, 3.05) is 6.61 Å². The van der Waals surface area contributed by atoms with E-state index >= 15 is 0 Å². The van der Waals surface area contributed by atoms with Gasteiger partial charge >= 0.3 is 0 Å². The molecule has 0 atom stereocenters. The van der Waals surface area contributed by atoms with Gasteiger partial charge in [0, 0.05) is 11.8 Å². The first kappa shape index (κ1) is 13.9. The van der Waals surface area contributed by atoms with Crippen LogP contribution in [-0.4, -0.2) is 22.3 Å². The van der Waals surface area contributed by atoms with Gasteiger partial charge in [0.1, 0.15) is 6.61 Å². The largest absolute Gasteiger partial charge is 0.475 e. The van der Waals surface area contributed by atoms with Gasteiger partial charge in [0.05, 0.1) is 5.60 Å².